The smallest absolute Gasteiger partial charge is 0.255 e. The molecule has 0 fully saturated rings. The van der Waals surface area contributed by atoms with Crippen molar-refractivity contribution < 1.29 is 0 Å². The Kier molecular flexibility index (Phi) is 5.19. The molecule has 0 radical (unpaired) electrons. The molecule has 1 aromatic heterocycles. The molecular formula is C13H23N3O. The standard InChI is InChI=1S/C13H23N3O/c1-5-7-9-15(4)13-14-11(3)10-12(17)16(13)8-6-2/h10H,5-9H2,1-4H3. The van der Waals surface area contributed by atoms with E-state index >= 15 is 0 Å². The van der Waals surface area contributed by atoms with Gasteiger partial charge in [-0.05, 0) is 19.8 Å². The quantitative estimate of drug-likeness (QED) is 0.761. The summed E-state index contributed by atoms with van der Waals surface area (Å²) in [5.41, 5.74) is 0.846. The predicted octanol–water partition coefficient (Wildman–Crippen LogP) is 2.20. The number of aryl methyl sites for hydroxylation is 1. The Morgan fingerprint density at radius 1 is 1.35 bits per heavy atom. The van der Waals surface area contributed by atoms with Crippen LogP contribution in [0.2, 0.25) is 0 Å². The fourth-order valence-electron chi connectivity index (χ4n) is 1.83. The normalized spacial score (nSPS) is 10.6. The van der Waals surface area contributed by atoms with Crippen LogP contribution in [0.25, 0.3) is 0 Å². The number of aromatic nitrogens is 2. The lowest BCUT2D eigenvalue weighted by Crippen LogP contribution is -2.31. The Morgan fingerprint density at radius 2 is 2.06 bits per heavy atom. The average Bonchev–Trinajstić information content (AvgIpc) is 2.29. The van der Waals surface area contributed by atoms with E-state index in [9.17, 15) is 4.79 Å². The first kappa shape index (κ1) is 13.7. The van der Waals surface area contributed by atoms with Crippen molar-refractivity contribution >= 4 is 5.95 Å². The number of rotatable bonds is 6. The molecule has 0 aliphatic rings. The van der Waals surface area contributed by atoms with Gasteiger partial charge in [0.05, 0.1) is 0 Å². The van der Waals surface area contributed by atoms with Crippen LogP contribution in [0.15, 0.2) is 10.9 Å². The summed E-state index contributed by atoms with van der Waals surface area (Å²) in [6.07, 6.45) is 3.21. The number of nitrogens with zero attached hydrogens (tertiary/aromatic N) is 3. The molecule has 17 heavy (non-hydrogen) atoms. The molecule has 96 valence electrons. The van der Waals surface area contributed by atoms with Crippen LogP contribution >= 0.6 is 0 Å². The van der Waals surface area contributed by atoms with E-state index in [1.165, 1.54) is 0 Å². The van der Waals surface area contributed by atoms with Gasteiger partial charge in [-0.1, -0.05) is 20.3 Å². The summed E-state index contributed by atoms with van der Waals surface area (Å²) in [5.74, 6) is 0.797. The summed E-state index contributed by atoms with van der Waals surface area (Å²) in [4.78, 5) is 18.5. The fraction of sp³-hybridized carbons (Fsp3) is 0.692. The van der Waals surface area contributed by atoms with E-state index in [0.29, 0.717) is 0 Å². The van der Waals surface area contributed by atoms with Crippen LogP contribution in [-0.4, -0.2) is 23.1 Å². The SMILES string of the molecule is CCCCN(C)c1nc(C)cc(=O)n1CCC. The monoisotopic (exact) mass is 237 g/mol. The van der Waals surface area contributed by atoms with Crippen molar-refractivity contribution in [1.82, 2.24) is 9.55 Å². The third-order valence-corrected chi connectivity index (χ3v) is 2.75. The predicted molar refractivity (Wildman–Crippen MR) is 71.7 cm³/mol. The van der Waals surface area contributed by atoms with Crippen molar-refractivity contribution in [2.24, 2.45) is 0 Å². The van der Waals surface area contributed by atoms with E-state index in [1.807, 2.05) is 14.0 Å². The lowest BCUT2D eigenvalue weighted by Gasteiger charge is -2.22. The maximum Gasteiger partial charge on any atom is 0.255 e. The second-order valence-corrected chi connectivity index (χ2v) is 4.46. The maximum atomic E-state index is 11.9. The highest BCUT2D eigenvalue weighted by molar-refractivity contribution is 5.30. The molecule has 0 aliphatic carbocycles. The summed E-state index contributed by atoms with van der Waals surface area (Å²) < 4.78 is 1.77. The van der Waals surface area contributed by atoms with Gasteiger partial charge in [0.15, 0.2) is 0 Å². The molecule has 4 heteroatoms. The number of unbranched alkanes of at least 4 members (excludes halogenated alkanes) is 1. The van der Waals surface area contributed by atoms with E-state index < -0.39 is 0 Å². The lowest BCUT2D eigenvalue weighted by atomic mass is 10.3. The molecule has 0 N–H and O–H groups in total. The molecule has 0 spiro atoms. The van der Waals surface area contributed by atoms with Gasteiger partial charge < -0.3 is 4.90 Å². The van der Waals surface area contributed by atoms with Crippen molar-refractivity contribution in [3.8, 4) is 0 Å². The highest BCUT2D eigenvalue weighted by atomic mass is 16.1. The van der Waals surface area contributed by atoms with Crippen LogP contribution in [0.5, 0.6) is 0 Å². The third kappa shape index (κ3) is 3.58. The summed E-state index contributed by atoms with van der Waals surface area (Å²) >= 11 is 0. The molecule has 1 heterocycles. The van der Waals surface area contributed by atoms with Crippen LogP contribution in [0, 0.1) is 6.92 Å². The third-order valence-electron chi connectivity index (χ3n) is 2.75. The minimum Gasteiger partial charge on any atom is -0.345 e. The number of anilines is 1. The molecule has 0 aromatic carbocycles. The molecule has 0 saturated heterocycles. The van der Waals surface area contributed by atoms with Gasteiger partial charge in [-0.15, -0.1) is 0 Å². The van der Waals surface area contributed by atoms with Crippen molar-refractivity contribution in [3.05, 3.63) is 22.1 Å². The first-order valence-corrected chi connectivity index (χ1v) is 6.39. The van der Waals surface area contributed by atoms with Crippen LogP contribution in [-0.2, 0) is 6.54 Å². The van der Waals surface area contributed by atoms with Gasteiger partial charge in [0.1, 0.15) is 0 Å². The van der Waals surface area contributed by atoms with Crippen LogP contribution < -0.4 is 10.5 Å². The van der Waals surface area contributed by atoms with Crippen LogP contribution in [0.4, 0.5) is 5.95 Å². The minimum absolute atomic E-state index is 0.0534. The Balaban J connectivity index is 3.06. The van der Waals surface area contributed by atoms with Gasteiger partial charge in [-0.25, -0.2) is 4.98 Å². The second kappa shape index (κ2) is 6.42. The van der Waals surface area contributed by atoms with Gasteiger partial charge in [-0.2, -0.15) is 0 Å². The van der Waals surface area contributed by atoms with Crippen molar-refractivity contribution in [2.45, 2.75) is 46.6 Å². The Bertz CT molecular complexity index is 412. The highest BCUT2D eigenvalue weighted by Gasteiger charge is 2.10. The largest absolute Gasteiger partial charge is 0.345 e. The molecular weight excluding hydrogens is 214 g/mol. The van der Waals surface area contributed by atoms with Gasteiger partial charge in [-0.3, -0.25) is 9.36 Å². The van der Waals surface area contributed by atoms with Crippen molar-refractivity contribution in [3.63, 3.8) is 0 Å². The zero-order chi connectivity index (χ0) is 12.8. The van der Waals surface area contributed by atoms with Crippen molar-refractivity contribution in [2.75, 3.05) is 18.5 Å². The molecule has 4 nitrogen and oxygen atoms in total. The topological polar surface area (TPSA) is 38.1 Å². The molecule has 1 aromatic rings. The average molecular weight is 237 g/mol. The molecule has 0 saturated carbocycles. The van der Waals surface area contributed by atoms with Gasteiger partial charge in [0, 0.05) is 31.9 Å². The first-order valence-electron chi connectivity index (χ1n) is 6.39. The van der Waals surface area contributed by atoms with Gasteiger partial charge in [0.25, 0.3) is 5.56 Å². The fourth-order valence-corrected chi connectivity index (χ4v) is 1.83. The van der Waals surface area contributed by atoms with E-state index in [2.05, 4.69) is 23.7 Å². The molecule has 0 amide bonds. The molecule has 0 aliphatic heterocycles. The van der Waals surface area contributed by atoms with Gasteiger partial charge >= 0.3 is 0 Å². The second-order valence-electron chi connectivity index (χ2n) is 4.46. The zero-order valence-electron chi connectivity index (χ0n) is 11.4. The lowest BCUT2D eigenvalue weighted by molar-refractivity contribution is 0.617. The van der Waals surface area contributed by atoms with E-state index in [-0.39, 0.29) is 5.56 Å². The highest BCUT2D eigenvalue weighted by Crippen LogP contribution is 2.09. The molecule has 0 bridgehead atoms. The van der Waals surface area contributed by atoms with Gasteiger partial charge in [0.2, 0.25) is 5.95 Å². The Labute approximate surface area is 103 Å². The molecule has 0 unspecified atom stereocenters. The Hall–Kier alpha value is -1.32. The summed E-state index contributed by atoms with van der Waals surface area (Å²) in [6.45, 7) is 7.78. The minimum atomic E-state index is 0.0534. The van der Waals surface area contributed by atoms with Crippen LogP contribution in [0.1, 0.15) is 38.8 Å². The Morgan fingerprint density at radius 3 is 2.65 bits per heavy atom. The number of hydrogen-bond acceptors (Lipinski definition) is 3. The number of hydrogen-bond donors (Lipinski definition) is 0. The van der Waals surface area contributed by atoms with Crippen LogP contribution in [0.3, 0.4) is 0 Å². The summed E-state index contributed by atoms with van der Waals surface area (Å²) in [5, 5.41) is 0. The summed E-state index contributed by atoms with van der Waals surface area (Å²) in [7, 11) is 2.00. The molecule has 0 atom stereocenters. The van der Waals surface area contributed by atoms with E-state index in [0.717, 1.165) is 44.0 Å². The first-order chi connectivity index (χ1) is 8.10. The van der Waals surface area contributed by atoms with Crippen molar-refractivity contribution in [1.29, 1.82) is 0 Å². The van der Waals surface area contributed by atoms with E-state index in [4.69, 9.17) is 0 Å². The molecule has 1 rings (SSSR count). The zero-order valence-corrected chi connectivity index (χ0v) is 11.4. The summed E-state index contributed by atoms with van der Waals surface area (Å²) in [6, 6.07) is 1.60. The van der Waals surface area contributed by atoms with E-state index in [1.54, 1.807) is 10.6 Å². The maximum absolute atomic E-state index is 11.9.